The Morgan fingerprint density at radius 1 is 1.04 bits per heavy atom. The molecule has 7 heteroatoms. The van der Waals surface area contributed by atoms with Gasteiger partial charge in [0.05, 0.1) is 22.7 Å². The van der Waals surface area contributed by atoms with Gasteiger partial charge in [-0.05, 0) is 50.6 Å². The SMILES string of the molecule is C[C@@H]1CN(S(=O)(=O)c2ccc(C(=O)O[C@H](C)c3ccccc3)cc2)C[C@@H](C)O1. The van der Waals surface area contributed by atoms with E-state index < -0.39 is 22.1 Å². The number of carbonyl (C=O) groups is 1. The van der Waals surface area contributed by atoms with Crippen LogP contribution in [0.5, 0.6) is 0 Å². The molecule has 1 heterocycles. The lowest BCUT2D eigenvalue weighted by Crippen LogP contribution is -2.48. The van der Waals surface area contributed by atoms with Crippen molar-refractivity contribution in [2.24, 2.45) is 0 Å². The molecule has 150 valence electrons. The van der Waals surface area contributed by atoms with Crippen molar-refractivity contribution in [3.05, 3.63) is 65.7 Å². The second-order valence-corrected chi connectivity index (χ2v) is 9.00. The van der Waals surface area contributed by atoms with Gasteiger partial charge in [0, 0.05) is 13.1 Å². The molecule has 2 aromatic carbocycles. The topological polar surface area (TPSA) is 72.9 Å². The van der Waals surface area contributed by atoms with E-state index in [4.69, 9.17) is 9.47 Å². The molecule has 0 saturated carbocycles. The molecule has 2 aromatic rings. The van der Waals surface area contributed by atoms with Gasteiger partial charge >= 0.3 is 5.97 Å². The quantitative estimate of drug-likeness (QED) is 0.716. The molecule has 1 aliphatic rings. The molecule has 3 atom stereocenters. The zero-order valence-electron chi connectivity index (χ0n) is 16.2. The van der Waals surface area contributed by atoms with Crippen LogP contribution in [-0.4, -0.2) is 44.0 Å². The minimum atomic E-state index is -3.64. The van der Waals surface area contributed by atoms with Crippen LogP contribution < -0.4 is 0 Å². The zero-order valence-corrected chi connectivity index (χ0v) is 17.1. The molecule has 0 N–H and O–H groups in total. The summed E-state index contributed by atoms with van der Waals surface area (Å²) in [6.07, 6.45) is -0.715. The molecule has 1 saturated heterocycles. The van der Waals surface area contributed by atoms with Gasteiger partial charge in [0.2, 0.25) is 10.0 Å². The van der Waals surface area contributed by atoms with Crippen LogP contribution in [0.25, 0.3) is 0 Å². The molecule has 28 heavy (non-hydrogen) atoms. The minimum Gasteiger partial charge on any atom is -0.454 e. The van der Waals surface area contributed by atoms with E-state index in [1.807, 2.05) is 44.2 Å². The number of benzene rings is 2. The Balaban J connectivity index is 1.71. The predicted octanol–water partition coefficient (Wildman–Crippen LogP) is 3.40. The van der Waals surface area contributed by atoms with Crippen molar-refractivity contribution in [2.45, 2.75) is 44.0 Å². The zero-order chi connectivity index (χ0) is 20.3. The van der Waals surface area contributed by atoms with E-state index in [1.54, 1.807) is 6.92 Å². The van der Waals surface area contributed by atoms with Gasteiger partial charge in [0.25, 0.3) is 0 Å². The molecule has 6 nitrogen and oxygen atoms in total. The summed E-state index contributed by atoms with van der Waals surface area (Å²) in [6.45, 7) is 6.12. The normalized spacial score (nSPS) is 21.8. The van der Waals surface area contributed by atoms with E-state index >= 15 is 0 Å². The number of esters is 1. The standard InChI is InChI=1S/C21H25NO5S/c1-15-13-22(14-16(2)26-15)28(24,25)20-11-9-19(10-12-20)21(23)27-17(3)18-7-5-4-6-8-18/h4-12,15-17H,13-14H2,1-3H3/t15-,16-,17-/m1/s1. The van der Waals surface area contributed by atoms with E-state index in [0.717, 1.165) is 5.56 Å². The lowest BCUT2D eigenvalue weighted by Gasteiger charge is -2.34. The summed E-state index contributed by atoms with van der Waals surface area (Å²) >= 11 is 0. The minimum absolute atomic E-state index is 0.154. The highest BCUT2D eigenvalue weighted by atomic mass is 32.2. The number of ether oxygens (including phenoxy) is 2. The average molecular weight is 404 g/mol. The molecular formula is C21H25NO5S. The second-order valence-electron chi connectivity index (χ2n) is 7.06. The van der Waals surface area contributed by atoms with Crippen LogP contribution in [0.1, 0.15) is 42.8 Å². The smallest absolute Gasteiger partial charge is 0.338 e. The van der Waals surface area contributed by atoms with Crippen LogP contribution in [0.2, 0.25) is 0 Å². The van der Waals surface area contributed by atoms with E-state index in [1.165, 1.54) is 28.6 Å². The highest BCUT2D eigenvalue weighted by Crippen LogP contribution is 2.23. The molecule has 0 bridgehead atoms. The van der Waals surface area contributed by atoms with Gasteiger partial charge in [-0.25, -0.2) is 13.2 Å². The fraction of sp³-hybridized carbons (Fsp3) is 0.381. The average Bonchev–Trinajstić information content (AvgIpc) is 2.68. The second kappa shape index (κ2) is 8.43. The Morgan fingerprint density at radius 2 is 1.61 bits per heavy atom. The Bertz CT molecular complexity index is 902. The third-order valence-corrected chi connectivity index (χ3v) is 6.51. The maximum absolute atomic E-state index is 12.9. The van der Waals surface area contributed by atoms with Crippen LogP contribution in [0, 0.1) is 0 Å². The summed E-state index contributed by atoms with van der Waals surface area (Å²) in [7, 11) is -3.64. The maximum atomic E-state index is 12.9. The first-order valence-electron chi connectivity index (χ1n) is 9.29. The molecule has 1 aliphatic heterocycles. The van der Waals surface area contributed by atoms with Crippen molar-refractivity contribution in [2.75, 3.05) is 13.1 Å². The predicted molar refractivity (Wildman–Crippen MR) is 105 cm³/mol. The lowest BCUT2D eigenvalue weighted by atomic mass is 10.1. The van der Waals surface area contributed by atoms with Gasteiger partial charge < -0.3 is 9.47 Å². The summed E-state index contributed by atoms with van der Waals surface area (Å²) in [5, 5.41) is 0. The monoisotopic (exact) mass is 403 g/mol. The van der Waals surface area contributed by atoms with E-state index in [-0.39, 0.29) is 17.1 Å². The third-order valence-electron chi connectivity index (χ3n) is 4.67. The number of rotatable bonds is 5. The Kier molecular flexibility index (Phi) is 6.17. The molecule has 0 aromatic heterocycles. The van der Waals surface area contributed by atoms with Gasteiger partial charge in [-0.15, -0.1) is 0 Å². The maximum Gasteiger partial charge on any atom is 0.338 e. The first-order chi connectivity index (χ1) is 13.3. The van der Waals surface area contributed by atoms with Crippen LogP contribution in [0.3, 0.4) is 0 Å². The number of morpholine rings is 1. The number of carbonyl (C=O) groups excluding carboxylic acids is 1. The number of sulfonamides is 1. The molecule has 0 unspecified atom stereocenters. The van der Waals surface area contributed by atoms with Gasteiger partial charge in [0.15, 0.2) is 0 Å². The van der Waals surface area contributed by atoms with Crippen LogP contribution in [0.4, 0.5) is 0 Å². The third kappa shape index (κ3) is 4.60. The summed E-state index contributed by atoms with van der Waals surface area (Å²) < 4.78 is 38.3. The molecular weight excluding hydrogens is 378 g/mol. The molecule has 0 spiro atoms. The van der Waals surface area contributed by atoms with Crippen molar-refractivity contribution in [1.82, 2.24) is 4.31 Å². The van der Waals surface area contributed by atoms with Gasteiger partial charge in [0.1, 0.15) is 6.10 Å². The summed E-state index contributed by atoms with van der Waals surface area (Å²) in [4.78, 5) is 12.5. The number of hydrogen-bond donors (Lipinski definition) is 0. The van der Waals surface area contributed by atoms with Crippen LogP contribution >= 0.6 is 0 Å². The molecule has 1 fully saturated rings. The van der Waals surface area contributed by atoms with Gasteiger partial charge in [-0.3, -0.25) is 0 Å². The Hall–Kier alpha value is -2.22. The number of nitrogens with zero attached hydrogens (tertiary/aromatic N) is 1. The first kappa shape index (κ1) is 20.5. The summed E-state index contributed by atoms with van der Waals surface area (Å²) in [6, 6.07) is 15.3. The number of hydrogen-bond acceptors (Lipinski definition) is 5. The Labute approximate surface area is 166 Å². The van der Waals surface area contributed by atoms with Crippen molar-refractivity contribution < 1.29 is 22.7 Å². The molecule has 3 rings (SSSR count). The van der Waals surface area contributed by atoms with Crippen molar-refractivity contribution in [1.29, 1.82) is 0 Å². The van der Waals surface area contributed by atoms with Crippen molar-refractivity contribution in [3.63, 3.8) is 0 Å². The fourth-order valence-corrected chi connectivity index (χ4v) is 4.85. The van der Waals surface area contributed by atoms with Gasteiger partial charge in [-0.1, -0.05) is 30.3 Å². The first-order valence-corrected chi connectivity index (χ1v) is 10.7. The van der Waals surface area contributed by atoms with Crippen molar-refractivity contribution in [3.8, 4) is 0 Å². The molecule has 0 radical (unpaired) electrons. The largest absolute Gasteiger partial charge is 0.454 e. The summed E-state index contributed by atoms with van der Waals surface area (Å²) in [5.74, 6) is -0.492. The molecule has 0 amide bonds. The lowest BCUT2D eigenvalue weighted by molar-refractivity contribution is -0.0440. The highest BCUT2D eigenvalue weighted by Gasteiger charge is 2.32. The van der Waals surface area contributed by atoms with E-state index in [2.05, 4.69) is 0 Å². The van der Waals surface area contributed by atoms with Crippen LogP contribution in [-0.2, 0) is 19.5 Å². The van der Waals surface area contributed by atoms with E-state index in [0.29, 0.717) is 18.7 Å². The highest BCUT2D eigenvalue weighted by molar-refractivity contribution is 7.89. The fourth-order valence-electron chi connectivity index (χ4n) is 3.26. The summed E-state index contributed by atoms with van der Waals surface area (Å²) in [5.41, 5.74) is 1.20. The van der Waals surface area contributed by atoms with Crippen LogP contribution in [0.15, 0.2) is 59.5 Å². The van der Waals surface area contributed by atoms with Gasteiger partial charge in [-0.2, -0.15) is 4.31 Å². The Morgan fingerprint density at radius 3 is 2.18 bits per heavy atom. The molecule has 0 aliphatic carbocycles. The van der Waals surface area contributed by atoms with Crippen molar-refractivity contribution >= 4 is 16.0 Å². The van der Waals surface area contributed by atoms with E-state index in [9.17, 15) is 13.2 Å².